The number of fused-ring (bicyclic) bond motifs is 1. The highest BCUT2D eigenvalue weighted by atomic mass is 35.5. The highest BCUT2D eigenvalue weighted by molar-refractivity contribution is 7.91. The number of hydrogen-bond donors (Lipinski definition) is 0. The number of aromatic nitrogens is 4. The first kappa shape index (κ1) is 20.7. The fourth-order valence-electron chi connectivity index (χ4n) is 2.57. The maximum absolute atomic E-state index is 12.7. The minimum Gasteiger partial charge on any atom is -0.326 e. The van der Waals surface area contributed by atoms with Gasteiger partial charge in [0, 0.05) is 24.3 Å². The molecule has 150 valence electrons. The molecule has 0 bridgehead atoms. The first-order chi connectivity index (χ1) is 13.0. The maximum Gasteiger partial charge on any atom is 0.427 e. The molecular weight excluding hydrogens is 440 g/mol. The zero-order chi connectivity index (χ0) is 20.9. The summed E-state index contributed by atoms with van der Waals surface area (Å²) in [5, 5.41) is -1.09. The number of sulfone groups is 1. The van der Waals surface area contributed by atoms with Crippen molar-refractivity contribution in [3.8, 4) is 11.5 Å². The van der Waals surface area contributed by atoms with Gasteiger partial charge in [-0.15, -0.1) is 0 Å². The van der Waals surface area contributed by atoms with Crippen LogP contribution < -0.4 is 0 Å². The summed E-state index contributed by atoms with van der Waals surface area (Å²) >= 11 is 11.2. The quantitative estimate of drug-likeness (QED) is 0.590. The van der Waals surface area contributed by atoms with Gasteiger partial charge in [0.15, 0.2) is 20.7 Å². The molecule has 0 fully saturated rings. The standard InChI is InChI=1S/C16H13Cl2F3N4O2S/c1-3-28(26,27)15-13(23-12-6-9(17)4-5-25(12)15)14-22-8-10(24(14)2)7-11(18)16(19,20)21/h4-8H,3H2,1-2H3. The largest absolute Gasteiger partial charge is 0.427 e. The summed E-state index contributed by atoms with van der Waals surface area (Å²) in [6, 6.07) is 2.98. The van der Waals surface area contributed by atoms with Crippen molar-refractivity contribution in [1.82, 2.24) is 18.9 Å². The minimum absolute atomic E-state index is 0.00870. The zero-order valence-electron chi connectivity index (χ0n) is 14.5. The maximum atomic E-state index is 12.7. The van der Waals surface area contributed by atoms with E-state index in [1.165, 1.54) is 41.3 Å². The first-order valence-electron chi connectivity index (χ1n) is 7.82. The normalized spacial score (nSPS) is 13.5. The molecule has 3 aromatic rings. The van der Waals surface area contributed by atoms with Crippen molar-refractivity contribution in [2.24, 2.45) is 7.05 Å². The summed E-state index contributed by atoms with van der Waals surface area (Å²) < 4.78 is 66.1. The molecule has 0 spiro atoms. The van der Waals surface area contributed by atoms with E-state index in [0.717, 1.165) is 6.20 Å². The zero-order valence-corrected chi connectivity index (χ0v) is 16.8. The van der Waals surface area contributed by atoms with Crippen LogP contribution in [0.15, 0.2) is 34.6 Å². The molecule has 0 amide bonds. The SMILES string of the molecule is CCS(=O)(=O)c1c(-c2ncc(C=C(Cl)C(F)(F)F)n2C)nc2cc(Cl)ccn12. The van der Waals surface area contributed by atoms with Gasteiger partial charge in [-0.2, -0.15) is 13.2 Å². The second kappa shape index (κ2) is 7.09. The molecule has 0 saturated heterocycles. The average Bonchev–Trinajstić information content (AvgIpc) is 3.14. The second-order valence-electron chi connectivity index (χ2n) is 5.80. The predicted molar refractivity (Wildman–Crippen MR) is 100 cm³/mol. The van der Waals surface area contributed by atoms with Crippen molar-refractivity contribution in [2.45, 2.75) is 18.1 Å². The highest BCUT2D eigenvalue weighted by Crippen LogP contribution is 2.33. The van der Waals surface area contributed by atoms with Gasteiger partial charge in [-0.1, -0.05) is 30.1 Å². The number of hydrogen-bond acceptors (Lipinski definition) is 4. The molecule has 28 heavy (non-hydrogen) atoms. The molecule has 12 heteroatoms. The summed E-state index contributed by atoms with van der Waals surface area (Å²) in [6.07, 6.45) is -1.38. The van der Waals surface area contributed by atoms with Gasteiger partial charge >= 0.3 is 6.18 Å². The third kappa shape index (κ3) is 3.63. The van der Waals surface area contributed by atoms with Crippen molar-refractivity contribution in [3.05, 3.63) is 40.3 Å². The number of allylic oxidation sites excluding steroid dienone is 1. The molecule has 0 atom stereocenters. The van der Waals surface area contributed by atoms with E-state index in [4.69, 9.17) is 23.2 Å². The average molecular weight is 453 g/mol. The van der Waals surface area contributed by atoms with Crippen molar-refractivity contribution >= 4 is 44.8 Å². The van der Waals surface area contributed by atoms with Crippen molar-refractivity contribution < 1.29 is 21.6 Å². The molecule has 3 rings (SSSR count). The molecule has 0 aliphatic heterocycles. The molecule has 0 N–H and O–H groups in total. The van der Waals surface area contributed by atoms with Crippen LogP contribution in [0.3, 0.4) is 0 Å². The van der Waals surface area contributed by atoms with Crippen LogP contribution in [0, 0.1) is 0 Å². The van der Waals surface area contributed by atoms with Gasteiger partial charge < -0.3 is 4.57 Å². The van der Waals surface area contributed by atoms with Gasteiger partial charge in [-0.25, -0.2) is 18.4 Å². The van der Waals surface area contributed by atoms with E-state index in [2.05, 4.69) is 9.97 Å². The molecule has 0 aliphatic carbocycles. The molecule has 3 aromatic heterocycles. The Bertz CT molecular complexity index is 1200. The van der Waals surface area contributed by atoms with Gasteiger partial charge in [0.2, 0.25) is 0 Å². The molecule has 0 aliphatic rings. The van der Waals surface area contributed by atoms with Crippen LogP contribution in [0.25, 0.3) is 23.2 Å². The molecule has 0 unspecified atom stereocenters. The van der Waals surface area contributed by atoms with Gasteiger partial charge in [0.05, 0.1) is 17.6 Å². The van der Waals surface area contributed by atoms with Gasteiger partial charge in [-0.3, -0.25) is 4.40 Å². The Hall–Kier alpha value is -2.04. The van der Waals surface area contributed by atoms with Crippen LogP contribution in [0.5, 0.6) is 0 Å². The molecular formula is C16H13Cl2F3N4O2S. The van der Waals surface area contributed by atoms with Crippen LogP contribution in [0.1, 0.15) is 12.6 Å². The number of pyridine rings is 1. The van der Waals surface area contributed by atoms with E-state index in [9.17, 15) is 21.6 Å². The van der Waals surface area contributed by atoms with Gasteiger partial charge in [0.25, 0.3) is 0 Å². The predicted octanol–water partition coefficient (Wildman–Crippen LogP) is 4.32. The first-order valence-corrected chi connectivity index (χ1v) is 10.2. The van der Waals surface area contributed by atoms with E-state index in [0.29, 0.717) is 11.1 Å². The summed E-state index contributed by atoms with van der Waals surface area (Å²) in [6.45, 7) is 1.48. The number of rotatable bonds is 4. The minimum atomic E-state index is -4.71. The fraction of sp³-hybridized carbons (Fsp3) is 0.250. The Balaban J connectivity index is 2.27. The van der Waals surface area contributed by atoms with Crippen LogP contribution in [-0.2, 0) is 16.9 Å². The molecule has 6 nitrogen and oxygen atoms in total. The number of halogens is 5. The summed E-state index contributed by atoms with van der Waals surface area (Å²) in [4.78, 5) is 8.37. The molecule has 0 aromatic carbocycles. The summed E-state index contributed by atoms with van der Waals surface area (Å²) in [5.74, 6) is -0.127. The Morgan fingerprint density at radius 2 is 2.04 bits per heavy atom. The van der Waals surface area contributed by atoms with E-state index in [-0.39, 0.29) is 33.6 Å². The lowest BCUT2D eigenvalue weighted by atomic mass is 10.4. The Morgan fingerprint density at radius 3 is 2.64 bits per heavy atom. The van der Waals surface area contributed by atoms with Gasteiger partial charge in [-0.05, 0) is 12.1 Å². The molecule has 3 heterocycles. The summed E-state index contributed by atoms with van der Waals surface area (Å²) in [5.41, 5.74) is 0.310. The van der Waals surface area contributed by atoms with E-state index in [1.54, 1.807) is 0 Å². The van der Waals surface area contributed by atoms with Crippen molar-refractivity contribution in [2.75, 3.05) is 5.75 Å². The lowest BCUT2D eigenvalue weighted by Crippen LogP contribution is -2.10. The summed E-state index contributed by atoms with van der Waals surface area (Å²) in [7, 11) is -2.31. The highest BCUT2D eigenvalue weighted by Gasteiger charge is 2.33. The number of imidazole rings is 2. The van der Waals surface area contributed by atoms with E-state index in [1.807, 2.05) is 0 Å². The Kier molecular flexibility index (Phi) is 5.24. The molecule has 0 saturated carbocycles. The Labute approximate surface area is 168 Å². The lowest BCUT2D eigenvalue weighted by Gasteiger charge is -2.07. The number of alkyl halides is 3. The Morgan fingerprint density at radius 1 is 1.36 bits per heavy atom. The van der Waals surface area contributed by atoms with Crippen LogP contribution in [0.2, 0.25) is 5.02 Å². The fourth-order valence-corrected chi connectivity index (χ4v) is 3.99. The monoisotopic (exact) mass is 452 g/mol. The van der Waals surface area contributed by atoms with E-state index < -0.39 is 21.0 Å². The smallest absolute Gasteiger partial charge is 0.326 e. The third-order valence-corrected chi connectivity index (χ3v) is 6.30. The van der Waals surface area contributed by atoms with Crippen LogP contribution >= 0.6 is 23.2 Å². The topological polar surface area (TPSA) is 69.3 Å². The second-order valence-corrected chi connectivity index (χ2v) is 8.84. The van der Waals surface area contributed by atoms with Crippen molar-refractivity contribution in [1.29, 1.82) is 0 Å². The van der Waals surface area contributed by atoms with Crippen LogP contribution in [-0.4, -0.2) is 39.3 Å². The number of nitrogens with zero attached hydrogens (tertiary/aromatic N) is 4. The van der Waals surface area contributed by atoms with Crippen LogP contribution in [0.4, 0.5) is 13.2 Å². The van der Waals surface area contributed by atoms with E-state index >= 15 is 0 Å². The van der Waals surface area contributed by atoms with Crippen molar-refractivity contribution in [3.63, 3.8) is 0 Å². The van der Waals surface area contributed by atoms with Gasteiger partial charge in [0.1, 0.15) is 16.4 Å². The lowest BCUT2D eigenvalue weighted by molar-refractivity contribution is -0.0836. The third-order valence-electron chi connectivity index (χ3n) is 4.00. The molecule has 0 radical (unpaired) electrons.